The number of benzene rings is 2. The molecule has 1 amide bonds. The number of aromatic hydroxyl groups is 1. The fraction of sp³-hybridized carbons (Fsp3) is 0.531. The van der Waals surface area contributed by atoms with Gasteiger partial charge in [-0.05, 0) is 62.6 Å². The van der Waals surface area contributed by atoms with Gasteiger partial charge >= 0.3 is 6.09 Å². The zero-order chi connectivity index (χ0) is 31.7. The summed E-state index contributed by atoms with van der Waals surface area (Å²) in [4.78, 5) is 19.0. The molecule has 0 bridgehead atoms. The molecule has 2 atom stereocenters. The van der Waals surface area contributed by atoms with Gasteiger partial charge in [0.1, 0.15) is 30.0 Å². The summed E-state index contributed by atoms with van der Waals surface area (Å²) in [5.41, 5.74) is 2.70. The predicted octanol–water partition coefficient (Wildman–Crippen LogP) is 5.23. The number of carbonyl (C=O) groups is 1. The van der Waals surface area contributed by atoms with Crippen LogP contribution in [0.25, 0.3) is 0 Å². The Balaban J connectivity index is 0.000000201. The molecule has 0 saturated carbocycles. The maximum atomic E-state index is 12.1. The average Bonchev–Trinajstić information content (AvgIpc) is 3.39. The third kappa shape index (κ3) is 11.0. The van der Waals surface area contributed by atoms with E-state index in [2.05, 4.69) is 5.32 Å². The standard InChI is InChI=1S/C16H21ClN2O3.C16H22ClNO4/c1-19-9-13(11-22-19)10-21-16-3-2-12(7-15(16)17)6-14-8-18-4-5-20-14;1-16(2,3)22-15(20)18-6-7-21-12(10-18)8-11-4-5-14(19)13(17)9-11/h2-3,7,11,14,18H,4-6,8-10H2,1H3;4-5,9,12,19H,6-8,10H2,1-3H3/t14-;12-/m11/s1. The Morgan fingerprint density at radius 2 is 1.75 bits per heavy atom. The third-order valence-corrected chi connectivity index (χ3v) is 7.57. The molecule has 3 heterocycles. The molecule has 2 N–H and O–H groups in total. The van der Waals surface area contributed by atoms with Crippen LogP contribution in [0.3, 0.4) is 0 Å². The topological polar surface area (TPSA) is 102 Å². The zero-order valence-electron chi connectivity index (χ0n) is 25.8. The monoisotopic (exact) mass is 651 g/mol. The number of nitrogens with zero attached hydrogens (tertiary/aromatic N) is 2. The Hall–Kier alpha value is -2.73. The van der Waals surface area contributed by atoms with Gasteiger partial charge in [0.15, 0.2) is 0 Å². The van der Waals surface area contributed by atoms with E-state index in [1.165, 1.54) is 0 Å². The van der Waals surface area contributed by atoms with Crippen LogP contribution < -0.4 is 10.1 Å². The summed E-state index contributed by atoms with van der Waals surface area (Å²) in [6, 6.07) is 11.0. The van der Waals surface area contributed by atoms with E-state index in [0.29, 0.717) is 48.5 Å². The number of hydroxylamine groups is 2. The van der Waals surface area contributed by atoms with Crippen molar-refractivity contribution < 1.29 is 33.7 Å². The largest absolute Gasteiger partial charge is 0.506 e. The number of amides is 1. The predicted molar refractivity (Wildman–Crippen MR) is 169 cm³/mol. The molecule has 44 heavy (non-hydrogen) atoms. The molecule has 10 nitrogen and oxygen atoms in total. The molecule has 242 valence electrons. The van der Waals surface area contributed by atoms with Crippen molar-refractivity contribution in [1.29, 1.82) is 0 Å². The van der Waals surface area contributed by atoms with Gasteiger partial charge in [-0.25, -0.2) is 4.79 Å². The molecular weight excluding hydrogens is 609 g/mol. The normalized spacial score (nSPS) is 20.7. The average molecular weight is 653 g/mol. The molecule has 12 heteroatoms. The van der Waals surface area contributed by atoms with Crippen LogP contribution in [0.4, 0.5) is 4.79 Å². The molecule has 3 aliphatic heterocycles. The molecule has 2 saturated heterocycles. The van der Waals surface area contributed by atoms with Crippen LogP contribution in [0, 0.1) is 0 Å². The first-order valence-electron chi connectivity index (χ1n) is 14.8. The van der Waals surface area contributed by atoms with Gasteiger partial charge in [0.05, 0.1) is 48.6 Å². The zero-order valence-corrected chi connectivity index (χ0v) is 27.3. The van der Waals surface area contributed by atoms with Gasteiger partial charge in [-0.15, -0.1) is 5.06 Å². The summed E-state index contributed by atoms with van der Waals surface area (Å²) >= 11 is 12.2. The highest BCUT2D eigenvalue weighted by Crippen LogP contribution is 2.28. The van der Waals surface area contributed by atoms with Crippen molar-refractivity contribution in [3.8, 4) is 11.5 Å². The first-order valence-corrected chi connectivity index (χ1v) is 15.6. The third-order valence-electron chi connectivity index (χ3n) is 6.97. The minimum Gasteiger partial charge on any atom is -0.506 e. The second kappa shape index (κ2) is 16.0. The van der Waals surface area contributed by atoms with Crippen LogP contribution in [0.5, 0.6) is 11.5 Å². The van der Waals surface area contributed by atoms with E-state index in [9.17, 15) is 9.90 Å². The van der Waals surface area contributed by atoms with E-state index in [4.69, 9.17) is 47.0 Å². The number of morpholine rings is 2. The van der Waals surface area contributed by atoms with Crippen LogP contribution >= 0.6 is 23.2 Å². The quantitative estimate of drug-likeness (QED) is 0.416. The number of halogens is 2. The SMILES string of the molecule is CC(C)(C)OC(=O)N1CCO[C@H](Cc2ccc(O)c(Cl)c2)C1.CN1CC(COc2ccc(C[C@@H]3CNCCO3)cc2Cl)=CO1. The minimum atomic E-state index is -0.505. The fourth-order valence-electron chi connectivity index (χ4n) is 4.85. The highest BCUT2D eigenvalue weighted by Gasteiger charge is 2.28. The number of carbonyl (C=O) groups excluding carboxylic acids is 1. The van der Waals surface area contributed by atoms with E-state index in [1.54, 1.807) is 34.4 Å². The number of phenolic OH excluding ortho intramolecular Hbond substituents is 1. The first kappa shape index (κ1) is 34.1. The van der Waals surface area contributed by atoms with E-state index in [-0.39, 0.29) is 24.1 Å². The molecule has 2 aromatic carbocycles. The van der Waals surface area contributed by atoms with Crippen LogP contribution in [-0.4, -0.2) is 98.6 Å². The van der Waals surface area contributed by atoms with Crippen LogP contribution in [0.15, 0.2) is 48.2 Å². The summed E-state index contributed by atoms with van der Waals surface area (Å²) in [6.45, 7) is 10.9. The van der Waals surface area contributed by atoms with Gasteiger partial charge in [0.2, 0.25) is 0 Å². The van der Waals surface area contributed by atoms with Crippen molar-refractivity contribution in [2.75, 3.05) is 59.6 Å². The first-order chi connectivity index (χ1) is 20.9. The Labute approximate surface area is 269 Å². The Bertz CT molecular complexity index is 1280. The lowest BCUT2D eigenvalue weighted by Crippen LogP contribution is -2.48. The molecule has 0 unspecified atom stereocenters. The highest BCUT2D eigenvalue weighted by atomic mass is 35.5. The van der Waals surface area contributed by atoms with Crippen LogP contribution in [0.2, 0.25) is 10.0 Å². The maximum absolute atomic E-state index is 12.1. The van der Waals surface area contributed by atoms with Gasteiger partial charge in [0.25, 0.3) is 0 Å². The second-order valence-corrected chi connectivity index (χ2v) is 12.8. The summed E-state index contributed by atoms with van der Waals surface area (Å²) in [7, 11) is 1.88. The molecule has 3 aliphatic rings. The minimum absolute atomic E-state index is 0.0605. The van der Waals surface area contributed by atoms with E-state index >= 15 is 0 Å². The summed E-state index contributed by atoms with van der Waals surface area (Å²) in [5.74, 6) is 0.758. The number of hydrogen-bond acceptors (Lipinski definition) is 9. The number of ether oxygens (including phenoxy) is 4. The lowest BCUT2D eigenvalue weighted by atomic mass is 10.1. The summed E-state index contributed by atoms with van der Waals surface area (Å²) < 4.78 is 22.6. The smallest absolute Gasteiger partial charge is 0.410 e. The van der Waals surface area contributed by atoms with E-state index < -0.39 is 5.60 Å². The van der Waals surface area contributed by atoms with Crippen molar-refractivity contribution in [1.82, 2.24) is 15.3 Å². The molecule has 2 fully saturated rings. The second-order valence-electron chi connectivity index (χ2n) is 12.0. The molecule has 0 aromatic heterocycles. The Morgan fingerprint density at radius 1 is 1.05 bits per heavy atom. The van der Waals surface area contributed by atoms with Crippen molar-refractivity contribution >= 4 is 29.3 Å². The van der Waals surface area contributed by atoms with Gasteiger partial charge in [0, 0.05) is 38.7 Å². The van der Waals surface area contributed by atoms with Crippen LogP contribution in [-0.2, 0) is 31.9 Å². The molecule has 0 spiro atoms. The fourth-order valence-corrected chi connectivity index (χ4v) is 5.31. The lowest BCUT2D eigenvalue weighted by Gasteiger charge is -2.34. The summed E-state index contributed by atoms with van der Waals surface area (Å²) in [6.07, 6.45) is 2.99. The summed E-state index contributed by atoms with van der Waals surface area (Å²) in [5, 5.41) is 15.5. The number of likely N-dealkylation sites (N-methyl/N-ethyl adjacent to an activating group) is 1. The maximum Gasteiger partial charge on any atom is 0.410 e. The van der Waals surface area contributed by atoms with Crippen molar-refractivity contribution in [3.63, 3.8) is 0 Å². The van der Waals surface area contributed by atoms with Crippen LogP contribution in [0.1, 0.15) is 31.9 Å². The van der Waals surface area contributed by atoms with Crippen molar-refractivity contribution in [2.24, 2.45) is 0 Å². The number of phenols is 1. The molecular formula is C32H43Cl2N3O7. The molecule has 2 aromatic rings. The number of rotatable bonds is 7. The molecule has 0 radical (unpaired) electrons. The van der Waals surface area contributed by atoms with E-state index in [1.807, 2.05) is 46.0 Å². The van der Waals surface area contributed by atoms with E-state index in [0.717, 1.165) is 49.4 Å². The van der Waals surface area contributed by atoms with Crippen molar-refractivity contribution in [3.05, 3.63) is 69.4 Å². The highest BCUT2D eigenvalue weighted by molar-refractivity contribution is 6.32. The Kier molecular flexibility index (Phi) is 12.4. The Morgan fingerprint density at radius 3 is 2.39 bits per heavy atom. The lowest BCUT2D eigenvalue weighted by molar-refractivity contribution is -0.0497. The van der Waals surface area contributed by atoms with Gasteiger partial charge in [-0.1, -0.05) is 35.3 Å². The number of nitrogens with one attached hydrogen (secondary N) is 1. The van der Waals surface area contributed by atoms with Gasteiger partial charge in [-0.3, -0.25) is 0 Å². The van der Waals surface area contributed by atoms with Gasteiger partial charge < -0.3 is 39.1 Å². The molecule has 5 rings (SSSR count). The van der Waals surface area contributed by atoms with Gasteiger partial charge in [-0.2, -0.15) is 0 Å². The molecule has 0 aliphatic carbocycles. The van der Waals surface area contributed by atoms with Crippen molar-refractivity contribution in [2.45, 2.75) is 51.4 Å². The number of hydrogen-bond donors (Lipinski definition) is 2.